The molecule has 0 saturated carbocycles. The number of carbonyl (C=O) groups excluding carboxylic acids is 2. The van der Waals surface area contributed by atoms with E-state index in [0.29, 0.717) is 5.56 Å². The monoisotopic (exact) mass is 274 g/mol. The predicted octanol–water partition coefficient (Wildman–Crippen LogP) is 0.550. The molecule has 1 aromatic rings. The maximum atomic E-state index is 12.3. The van der Waals surface area contributed by atoms with Gasteiger partial charge < -0.3 is 15.4 Å². The van der Waals surface area contributed by atoms with Crippen molar-refractivity contribution in [1.29, 1.82) is 0 Å². The Hall–Kier alpha value is -2.32. The highest BCUT2D eigenvalue weighted by Crippen LogP contribution is 2.13. The first-order chi connectivity index (χ1) is 9.49. The smallest absolute Gasteiger partial charge is 0.325 e. The second kappa shape index (κ2) is 7.31. The summed E-state index contributed by atoms with van der Waals surface area (Å²) in [5, 5.41) is 0. The van der Waals surface area contributed by atoms with Crippen LogP contribution in [-0.2, 0) is 9.53 Å². The van der Waals surface area contributed by atoms with E-state index in [4.69, 9.17) is 5.73 Å². The number of amides is 1. The first-order valence-corrected chi connectivity index (χ1v) is 6.11. The summed E-state index contributed by atoms with van der Waals surface area (Å²) >= 11 is 0. The summed E-state index contributed by atoms with van der Waals surface area (Å²) in [7, 11) is 2.84. The highest BCUT2D eigenvalue weighted by molar-refractivity contribution is 5.97. The van der Waals surface area contributed by atoms with Crippen LogP contribution in [0, 0.1) is 18.8 Å². The molecule has 0 spiro atoms. The van der Waals surface area contributed by atoms with Crippen LogP contribution in [0.4, 0.5) is 0 Å². The molecule has 5 heteroatoms. The third-order valence-corrected chi connectivity index (χ3v) is 2.74. The number of methoxy groups -OCH3 is 1. The van der Waals surface area contributed by atoms with Crippen molar-refractivity contribution in [3.05, 3.63) is 34.9 Å². The van der Waals surface area contributed by atoms with Crippen LogP contribution in [0.15, 0.2) is 18.2 Å². The molecule has 0 radical (unpaired) electrons. The third kappa shape index (κ3) is 4.11. The number of nitrogens with two attached hydrogens (primary N) is 1. The summed E-state index contributed by atoms with van der Waals surface area (Å²) in [6.45, 7) is 2.01. The van der Waals surface area contributed by atoms with Crippen molar-refractivity contribution in [3.63, 3.8) is 0 Å². The molecular weight excluding hydrogens is 256 g/mol. The molecule has 0 unspecified atom stereocenters. The van der Waals surface area contributed by atoms with Crippen LogP contribution in [0.25, 0.3) is 0 Å². The Morgan fingerprint density at radius 1 is 1.40 bits per heavy atom. The number of ether oxygens (including phenoxy) is 1. The molecule has 1 aromatic carbocycles. The largest absolute Gasteiger partial charge is 0.468 e. The van der Waals surface area contributed by atoms with E-state index in [1.54, 1.807) is 13.1 Å². The zero-order chi connectivity index (χ0) is 15.1. The Balaban J connectivity index is 2.99. The molecule has 0 heterocycles. The van der Waals surface area contributed by atoms with Gasteiger partial charge in [-0.3, -0.25) is 9.59 Å². The molecule has 0 atom stereocenters. The second-order valence-corrected chi connectivity index (χ2v) is 4.27. The summed E-state index contributed by atoms with van der Waals surface area (Å²) in [6.07, 6.45) is 0. The first-order valence-electron chi connectivity index (χ1n) is 6.11. The van der Waals surface area contributed by atoms with E-state index in [0.717, 1.165) is 11.1 Å². The minimum absolute atomic E-state index is 0.0898. The van der Waals surface area contributed by atoms with Crippen molar-refractivity contribution in [2.24, 2.45) is 5.73 Å². The van der Waals surface area contributed by atoms with Crippen LogP contribution in [0.5, 0.6) is 0 Å². The van der Waals surface area contributed by atoms with E-state index in [1.807, 2.05) is 19.1 Å². The van der Waals surface area contributed by atoms with Gasteiger partial charge in [-0.05, 0) is 24.6 Å². The Morgan fingerprint density at radius 3 is 2.70 bits per heavy atom. The minimum Gasteiger partial charge on any atom is -0.468 e. The summed E-state index contributed by atoms with van der Waals surface area (Å²) in [5.41, 5.74) is 7.38. The summed E-state index contributed by atoms with van der Waals surface area (Å²) in [5.74, 6) is 4.91. The molecular formula is C15H18N2O3. The number of aryl methyl sites for hydroxylation is 1. The fourth-order valence-electron chi connectivity index (χ4n) is 1.62. The lowest BCUT2D eigenvalue weighted by Gasteiger charge is -2.17. The number of nitrogens with zero attached hydrogens (tertiary/aromatic N) is 1. The molecule has 0 aliphatic heterocycles. The molecule has 0 aliphatic rings. The number of hydrogen-bond donors (Lipinski definition) is 1. The molecule has 20 heavy (non-hydrogen) atoms. The minimum atomic E-state index is -0.461. The van der Waals surface area contributed by atoms with Gasteiger partial charge in [0, 0.05) is 18.2 Å². The molecule has 1 rings (SSSR count). The number of rotatable bonds is 3. The Labute approximate surface area is 118 Å². The standard InChI is InChI=1S/C15H18N2O3/c1-11-6-7-12(5-4-8-16)9-13(11)15(19)17(2)10-14(18)20-3/h6-7,9H,8,10,16H2,1-3H3. The number of carbonyl (C=O) groups is 2. The lowest BCUT2D eigenvalue weighted by Crippen LogP contribution is -2.33. The molecule has 0 aliphatic carbocycles. The van der Waals surface area contributed by atoms with Gasteiger partial charge in [-0.2, -0.15) is 0 Å². The third-order valence-electron chi connectivity index (χ3n) is 2.74. The van der Waals surface area contributed by atoms with Gasteiger partial charge in [0.15, 0.2) is 0 Å². The highest BCUT2D eigenvalue weighted by atomic mass is 16.5. The normalized spacial score (nSPS) is 9.40. The van der Waals surface area contributed by atoms with Crippen molar-refractivity contribution < 1.29 is 14.3 Å². The maximum Gasteiger partial charge on any atom is 0.325 e. The molecule has 1 amide bonds. The van der Waals surface area contributed by atoms with Crippen molar-refractivity contribution >= 4 is 11.9 Å². The quantitative estimate of drug-likeness (QED) is 0.645. The van der Waals surface area contributed by atoms with Crippen LogP contribution in [-0.4, -0.2) is 44.0 Å². The number of hydrogen-bond acceptors (Lipinski definition) is 4. The number of esters is 1. The van der Waals surface area contributed by atoms with E-state index >= 15 is 0 Å². The summed E-state index contributed by atoms with van der Waals surface area (Å²) < 4.78 is 4.54. The summed E-state index contributed by atoms with van der Waals surface area (Å²) in [4.78, 5) is 24.8. The zero-order valence-electron chi connectivity index (χ0n) is 11.9. The Bertz CT molecular complexity index is 570. The summed E-state index contributed by atoms with van der Waals surface area (Å²) in [6, 6.07) is 5.35. The van der Waals surface area contributed by atoms with Gasteiger partial charge in [-0.25, -0.2) is 0 Å². The van der Waals surface area contributed by atoms with Gasteiger partial charge in [-0.15, -0.1) is 0 Å². The highest BCUT2D eigenvalue weighted by Gasteiger charge is 2.17. The average Bonchev–Trinajstić information content (AvgIpc) is 2.45. The lowest BCUT2D eigenvalue weighted by molar-refractivity contribution is -0.141. The fourth-order valence-corrected chi connectivity index (χ4v) is 1.62. The van der Waals surface area contributed by atoms with Gasteiger partial charge in [0.05, 0.1) is 13.7 Å². The molecule has 0 aromatic heterocycles. The van der Waals surface area contributed by atoms with Crippen molar-refractivity contribution in [2.75, 3.05) is 27.2 Å². The van der Waals surface area contributed by atoms with E-state index in [1.165, 1.54) is 12.0 Å². The van der Waals surface area contributed by atoms with Gasteiger partial charge in [0.1, 0.15) is 6.54 Å². The van der Waals surface area contributed by atoms with Gasteiger partial charge in [0.25, 0.3) is 5.91 Å². The van der Waals surface area contributed by atoms with E-state index < -0.39 is 5.97 Å². The second-order valence-electron chi connectivity index (χ2n) is 4.27. The van der Waals surface area contributed by atoms with Crippen molar-refractivity contribution in [3.8, 4) is 11.8 Å². The lowest BCUT2D eigenvalue weighted by atomic mass is 10.0. The molecule has 0 fully saturated rings. The van der Waals surface area contributed by atoms with Crippen molar-refractivity contribution in [1.82, 2.24) is 4.90 Å². The van der Waals surface area contributed by atoms with E-state index in [-0.39, 0.29) is 19.0 Å². The van der Waals surface area contributed by atoms with E-state index in [2.05, 4.69) is 16.6 Å². The SMILES string of the molecule is COC(=O)CN(C)C(=O)c1cc(C#CCN)ccc1C. The zero-order valence-corrected chi connectivity index (χ0v) is 11.9. The Morgan fingerprint density at radius 2 is 2.10 bits per heavy atom. The molecule has 2 N–H and O–H groups in total. The van der Waals surface area contributed by atoms with Crippen LogP contribution in [0.2, 0.25) is 0 Å². The first kappa shape index (κ1) is 15.7. The van der Waals surface area contributed by atoms with Crippen LogP contribution in [0.3, 0.4) is 0 Å². The van der Waals surface area contributed by atoms with E-state index in [9.17, 15) is 9.59 Å². The van der Waals surface area contributed by atoms with Crippen LogP contribution < -0.4 is 5.73 Å². The maximum absolute atomic E-state index is 12.3. The average molecular weight is 274 g/mol. The van der Waals surface area contributed by atoms with Crippen LogP contribution in [0.1, 0.15) is 21.5 Å². The fraction of sp³-hybridized carbons (Fsp3) is 0.333. The molecule has 0 bridgehead atoms. The van der Waals surface area contributed by atoms with Crippen molar-refractivity contribution in [2.45, 2.75) is 6.92 Å². The van der Waals surface area contributed by atoms with Gasteiger partial charge >= 0.3 is 5.97 Å². The van der Waals surface area contributed by atoms with Gasteiger partial charge in [0.2, 0.25) is 0 Å². The number of likely N-dealkylation sites (N-methyl/N-ethyl adjacent to an activating group) is 1. The van der Waals surface area contributed by atoms with Crippen LogP contribution >= 0.6 is 0 Å². The van der Waals surface area contributed by atoms with Gasteiger partial charge in [-0.1, -0.05) is 17.9 Å². The molecule has 5 nitrogen and oxygen atoms in total. The molecule has 0 saturated heterocycles. The number of benzene rings is 1. The molecule has 106 valence electrons. The predicted molar refractivity (Wildman–Crippen MR) is 76.1 cm³/mol. The topological polar surface area (TPSA) is 72.6 Å². The Kier molecular flexibility index (Phi) is 5.75.